The van der Waals surface area contributed by atoms with Crippen LogP contribution in [0.25, 0.3) is 0 Å². The zero-order valence-electron chi connectivity index (χ0n) is 9.33. The van der Waals surface area contributed by atoms with Gasteiger partial charge in [-0.1, -0.05) is 25.1 Å². The summed E-state index contributed by atoms with van der Waals surface area (Å²) in [6.45, 7) is 2.26. The van der Waals surface area contributed by atoms with Crippen LogP contribution in [0.1, 0.15) is 48.8 Å². The topological polar surface area (TPSA) is 17.1 Å². The molecule has 0 aliphatic heterocycles. The number of benzene rings is 1. The summed E-state index contributed by atoms with van der Waals surface area (Å²) >= 11 is 0. The minimum absolute atomic E-state index is 0.648. The molecule has 0 amide bonds. The molecule has 0 spiro atoms. The molecule has 1 aromatic rings. The fraction of sp³-hybridized carbons (Fsp3) is 0.500. The predicted octanol–water partition coefficient (Wildman–Crippen LogP) is 3.26. The van der Waals surface area contributed by atoms with Crippen LogP contribution in [0, 0.1) is 0 Å². The highest BCUT2D eigenvalue weighted by molar-refractivity contribution is 5.50. The van der Waals surface area contributed by atoms with Gasteiger partial charge in [-0.25, -0.2) is 0 Å². The van der Waals surface area contributed by atoms with Gasteiger partial charge in [0.15, 0.2) is 0 Å². The number of fused-ring (bicyclic) bond motifs is 1. The molecule has 0 fully saturated rings. The summed E-state index contributed by atoms with van der Waals surface area (Å²) in [6.07, 6.45) is 6.34. The van der Waals surface area contributed by atoms with Crippen LogP contribution in [0.15, 0.2) is 18.2 Å². The molecular formula is C14H18O. The van der Waals surface area contributed by atoms with Crippen molar-refractivity contribution >= 4 is 6.29 Å². The van der Waals surface area contributed by atoms with E-state index in [-0.39, 0.29) is 0 Å². The Labute approximate surface area is 91.5 Å². The molecule has 0 aromatic heterocycles. The molecule has 1 atom stereocenters. The van der Waals surface area contributed by atoms with Crippen LogP contribution in [-0.2, 0) is 17.6 Å². The van der Waals surface area contributed by atoms with Crippen molar-refractivity contribution in [2.75, 3.05) is 0 Å². The Morgan fingerprint density at radius 3 is 3.07 bits per heavy atom. The van der Waals surface area contributed by atoms with Gasteiger partial charge in [0.2, 0.25) is 0 Å². The minimum atomic E-state index is 0.648. The lowest BCUT2D eigenvalue weighted by Crippen LogP contribution is -1.94. The first-order chi connectivity index (χ1) is 7.35. The van der Waals surface area contributed by atoms with Gasteiger partial charge in [-0.15, -0.1) is 0 Å². The normalized spacial score (nSPS) is 18.9. The largest absolute Gasteiger partial charge is 0.303 e. The third-order valence-electron chi connectivity index (χ3n) is 3.46. The summed E-state index contributed by atoms with van der Waals surface area (Å²) in [4.78, 5) is 10.3. The SMILES string of the molecule is CCC1CCc2ccc(CCC=O)cc21. The molecule has 0 saturated carbocycles. The van der Waals surface area contributed by atoms with E-state index in [4.69, 9.17) is 0 Å². The fourth-order valence-electron chi connectivity index (χ4n) is 2.54. The van der Waals surface area contributed by atoms with Gasteiger partial charge in [-0.05, 0) is 48.3 Å². The van der Waals surface area contributed by atoms with E-state index >= 15 is 0 Å². The van der Waals surface area contributed by atoms with Gasteiger partial charge < -0.3 is 4.79 Å². The van der Waals surface area contributed by atoms with Gasteiger partial charge in [0.05, 0.1) is 0 Å². The number of hydrogen-bond donors (Lipinski definition) is 0. The Bertz CT molecular complexity index is 354. The molecule has 0 radical (unpaired) electrons. The van der Waals surface area contributed by atoms with Crippen LogP contribution < -0.4 is 0 Å². The van der Waals surface area contributed by atoms with E-state index < -0.39 is 0 Å². The first kappa shape index (κ1) is 10.4. The Morgan fingerprint density at radius 2 is 2.33 bits per heavy atom. The van der Waals surface area contributed by atoms with Gasteiger partial charge in [-0.3, -0.25) is 0 Å². The number of carbonyl (C=O) groups excluding carboxylic acids is 1. The summed E-state index contributed by atoms with van der Waals surface area (Å²) in [6, 6.07) is 6.76. The van der Waals surface area contributed by atoms with Crippen LogP contribution in [0.4, 0.5) is 0 Å². The van der Waals surface area contributed by atoms with Gasteiger partial charge >= 0.3 is 0 Å². The number of aryl methyl sites for hydroxylation is 2. The molecule has 1 heteroatoms. The van der Waals surface area contributed by atoms with Gasteiger partial charge in [-0.2, -0.15) is 0 Å². The molecule has 1 nitrogen and oxygen atoms in total. The average Bonchev–Trinajstić information content (AvgIpc) is 2.68. The summed E-state index contributed by atoms with van der Waals surface area (Å²) in [7, 11) is 0. The maximum atomic E-state index is 10.3. The van der Waals surface area contributed by atoms with Crippen LogP contribution >= 0.6 is 0 Å². The van der Waals surface area contributed by atoms with Crippen molar-refractivity contribution < 1.29 is 4.79 Å². The highest BCUT2D eigenvalue weighted by atomic mass is 16.1. The first-order valence-corrected chi connectivity index (χ1v) is 5.90. The number of hydrogen-bond acceptors (Lipinski definition) is 1. The lowest BCUT2D eigenvalue weighted by molar-refractivity contribution is -0.107. The highest BCUT2D eigenvalue weighted by Crippen LogP contribution is 2.35. The van der Waals surface area contributed by atoms with Gasteiger partial charge in [0, 0.05) is 6.42 Å². The molecular weight excluding hydrogens is 184 g/mol. The van der Waals surface area contributed by atoms with E-state index in [0.29, 0.717) is 6.42 Å². The molecule has 1 unspecified atom stereocenters. The Morgan fingerprint density at radius 1 is 1.47 bits per heavy atom. The van der Waals surface area contributed by atoms with Crippen molar-refractivity contribution in [2.24, 2.45) is 0 Å². The van der Waals surface area contributed by atoms with Crippen molar-refractivity contribution in [2.45, 2.75) is 44.9 Å². The third kappa shape index (κ3) is 2.11. The van der Waals surface area contributed by atoms with Crippen molar-refractivity contribution in [1.29, 1.82) is 0 Å². The molecule has 1 aliphatic rings. The molecule has 1 aliphatic carbocycles. The van der Waals surface area contributed by atoms with Crippen molar-refractivity contribution in [3.63, 3.8) is 0 Å². The lowest BCUT2D eigenvalue weighted by Gasteiger charge is -2.09. The van der Waals surface area contributed by atoms with Crippen LogP contribution in [0.3, 0.4) is 0 Å². The smallest absolute Gasteiger partial charge is 0.120 e. The molecule has 2 rings (SSSR count). The minimum Gasteiger partial charge on any atom is -0.303 e. The molecule has 80 valence electrons. The zero-order chi connectivity index (χ0) is 10.7. The van der Waals surface area contributed by atoms with E-state index in [2.05, 4.69) is 25.1 Å². The van der Waals surface area contributed by atoms with Crippen molar-refractivity contribution in [3.8, 4) is 0 Å². The quantitative estimate of drug-likeness (QED) is 0.685. The number of aldehydes is 1. The molecule has 0 heterocycles. The summed E-state index contributed by atoms with van der Waals surface area (Å²) in [5.41, 5.74) is 4.39. The van der Waals surface area contributed by atoms with E-state index in [9.17, 15) is 4.79 Å². The zero-order valence-corrected chi connectivity index (χ0v) is 9.33. The Kier molecular flexibility index (Phi) is 3.20. The van der Waals surface area contributed by atoms with E-state index in [1.807, 2.05) is 0 Å². The van der Waals surface area contributed by atoms with Gasteiger partial charge in [0.25, 0.3) is 0 Å². The third-order valence-corrected chi connectivity index (χ3v) is 3.46. The van der Waals surface area contributed by atoms with Crippen molar-refractivity contribution in [1.82, 2.24) is 0 Å². The summed E-state index contributed by atoms with van der Waals surface area (Å²) < 4.78 is 0. The molecule has 1 aromatic carbocycles. The monoisotopic (exact) mass is 202 g/mol. The van der Waals surface area contributed by atoms with Crippen LogP contribution in [0.5, 0.6) is 0 Å². The lowest BCUT2D eigenvalue weighted by atomic mass is 9.96. The Hall–Kier alpha value is -1.11. The molecule has 0 saturated heterocycles. The van der Waals surface area contributed by atoms with Crippen LogP contribution in [-0.4, -0.2) is 6.29 Å². The van der Waals surface area contributed by atoms with Gasteiger partial charge in [0.1, 0.15) is 6.29 Å². The summed E-state index contributed by atoms with van der Waals surface area (Å²) in [5, 5.41) is 0. The van der Waals surface area contributed by atoms with E-state index in [0.717, 1.165) is 18.6 Å². The maximum absolute atomic E-state index is 10.3. The number of rotatable bonds is 4. The van der Waals surface area contributed by atoms with Crippen LogP contribution in [0.2, 0.25) is 0 Å². The first-order valence-electron chi connectivity index (χ1n) is 5.90. The second-order valence-electron chi connectivity index (χ2n) is 4.38. The average molecular weight is 202 g/mol. The highest BCUT2D eigenvalue weighted by Gasteiger charge is 2.20. The maximum Gasteiger partial charge on any atom is 0.120 e. The second-order valence-corrected chi connectivity index (χ2v) is 4.38. The number of carbonyl (C=O) groups is 1. The predicted molar refractivity (Wildman–Crippen MR) is 62.2 cm³/mol. The molecule has 15 heavy (non-hydrogen) atoms. The fourth-order valence-corrected chi connectivity index (χ4v) is 2.54. The summed E-state index contributed by atoms with van der Waals surface area (Å²) in [5.74, 6) is 0.760. The molecule has 0 N–H and O–H groups in total. The standard InChI is InChI=1S/C14H18O/c1-2-12-7-8-13-6-5-11(4-3-9-15)10-14(12)13/h5-6,9-10,12H,2-4,7-8H2,1H3. The molecule has 0 bridgehead atoms. The Balaban J connectivity index is 2.20. The van der Waals surface area contributed by atoms with Crippen molar-refractivity contribution in [3.05, 3.63) is 34.9 Å². The second kappa shape index (κ2) is 4.61. The van der Waals surface area contributed by atoms with E-state index in [1.54, 1.807) is 5.56 Å². The van der Waals surface area contributed by atoms with E-state index in [1.165, 1.54) is 30.4 Å².